The first-order chi connectivity index (χ1) is 15.2. The smallest absolute Gasteiger partial charge is 0.0851 e. The minimum atomic E-state index is 0.293. The molecule has 164 valence electrons. The van der Waals surface area contributed by atoms with Crippen molar-refractivity contribution in [3.05, 3.63) is 52.1 Å². The molecular weight excluding hydrogens is 390 g/mol. The second-order valence-corrected chi connectivity index (χ2v) is 9.49. The van der Waals surface area contributed by atoms with Crippen molar-refractivity contribution >= 4 is 5.69 Å². The van der Waals surface area contributed by atoms with Crippen molar-refractivity contribution in [2.24, 2.45) is 0 Å². The number of anilines is 1. The first kappa shape index (κ1) is 19.7. The minimum absolute atomic E-state index is 0.293. The Hall–Kier alpha value is -1.92. The summed E-state index contributed by atoms with van der Waals surface area (Å²) in [6, 6.07) is 8.62. The van der Waals surface area contributed by atoms with Gasteiger partial charge in [0.1, 0.15) is 0 Å². The Morgan fingerprint density at radius 3 is 1.81 bits per heavy atom. The quantitative estimate of drug-likeness (QED) is 0.470. The van der Waals surface area contributed by atoms with Crippen molar-refractivity contribution in [2.45, 2.75) is 63.4 Å². The van der Waals surface area contributed by atoms with Crippen LogP contribution in [0, 0.1) is 6.92 Å². The molecule has 5 heteroatoms. The lowest BCUT2D eigenvalue weighted by molar-refractivity contribution is 0.394. The molecule has 0 radical (unpaired) electrons. The van der Waals surface area contributed by atoms with Crippen LogP contribution in [0.3, 0.4) is 0 Å². The molecule has 0 spiro atoms. The first-order valence-corrected chi connectivity index (χ1v) is 11.6. The van der Waals surface area contributed by atoms with E-state index in [1.54, 1.807) is 0 Å². The van der Waals surface area contributed by atoms with Gasteiger partial charge in [-0.25, -0.2) is 0 Å². The molecule has 4 unspecified atom stereocenters. The van der Waals surface area contributed by atoms with Crippen LogP contribution in [-0.2, 0) is 44.6 Å². The van der Waals surface area contributed by atoms with Gasteiger partial charge in [0, 0.05) is 30.5 Å². The van der Waals surface area contributed by atoms with E-state index in [2.05, 4.69) is 31.2 Å². The Labute approximate surface area is 183 Å². The van der Waals surface area contributed by atoms with Crippen molar-refractivity contribution < 1.29 is 18.9 Å². The summed E-state index contributed by atoms with van der Waals surface area (Å²) >= 11 is 0. The third-order valence-electron chi connectivity index (χ3n) is 7.02. The summed E-state index contributed by atoms with van der Waals surface area (Å²) in [4.78, 5) is 0. The van der Waals surface area contributed by atoms with E-state index in [1.165, 1.54) is 38.9 Å². The van der Waals surface area contributed by atoms with Gasteiger partial charge in [0.15, 0.2) is 0 Å². The highest BCUT2D eigenvalue weighted by Gasteiger charge is 2.35. The summed E-state index contributed by atoms with van der Waals surface area (Å²) in [6.45, 7) is 5.61. The van der Waals surface area contributed by atoms with Gasteiger partial charge in [-0.2, -0.15) is 0 Å². The molecule has 4 atom stereocenters. The third-order valence-corrected chi connectivity index (χ3v) is 7.02. The summed E-state index contributed by atoms with van der Waals surface area (Å²) in [5.74, 6) is 0. The second kappa shape index (κ2) is 7.89. The molecule has 0 aliphatic carbocycles. The molecule has 4 fully saturated rings. The molecule has 4 saturated heterocycles. The molecule has 0 bridgehead atoms. The lowest BCUT2D eigenvalue weighted by Crippen LogP contribution is -2.16. The molecule has 0 saturated carbocycles. The zero-order valence-electron chi connectivity index (χ0n) is 18.2. The lowest BCUT2D eigenvalue weighted by atomic mass is 9.79. The van der Waals surface area contributed by atoms with Crippen LogP contribution in [0.15, 0.2) is 24.3 Å². The van der Waals surface area contributed by atoms with Gasteiger partial charge in [-0.15, -0.1) is 0 Å². The van der Waals surface area contributed by atoms with Gasteiger partial charge in [0.2, 0.25) is 0 Å². The van der Waals surface area contributed by atoms with Gasteiger partial charge in [-0.3, -0.25) is 0 Å². The minimum Gasteiger partial charge on any atom is -0.398 e. The number of epoxide rings is 4. The predicted octanol–water partition coefficient (Wildman–Crippen LogP) is 3.40. The topological polar surface area (TPSA) is 76.1 Å². The maximum absolute atomic E-state index is 7.04. The standard InChI is InChI=1S/C26H31NO4/c1-15-4-2-3-5-20(15)25-21(7-6-16-11-28-16)22(8-17-12-29-17)23(9-18-13-30-18)24(26(25)27)10-19-14-31-19/h2-5,16-19H,6-14,27H2,1H3. The fraction of sp³-hybridized carbons (Fsp3) is 0.538. The van der Waals surface area contributed by atoms with E-state index in [4.69, 9.17) is 24.7 Å². The van der Waals surface area contributed by atoms with Crippen LogP contribution in [0.25, 0.3) is 11.1 Å². The number of nitrogen functional groups attached to an aromatic ring is 1. The van der Waals surface area contributed by atoms with Crippen LogP contribution in [0.5, 0.6) is 0 Å². The Morgan fingerprint density at radius 1 is 0.742 bits per heavy atom. The number of rotatable bonds is 10. The largest absolute Gasteiger partial charge is 0.398 e. The van der Waals surface area contributed by atoms with Crippen LogP contribution < -0.4 is 5.73 Å². The summed E-state index contributed by atoms with van der Waals surface area (Å²) in [5, 5.41) is 0. The van der Waals surface area contributed by atoms with E-state index in [0.29, 0.717) is 24.4 Å². The van der Waals surface area contributed by atoms with Gasteiger partial charge in [-0.1, -0.05) is 24.3 Å². The van der Waals surface area contributed by atoms with Crippen LogP contribution in [0.4, 0.5) is 5.69 Å². The van der Waals surface area contributed by atoms with E-state index in [9.17, 15) is 0 Å². The Bertz CT molecular complexity index is 987. The second-order valence-electron chi connectivity index (χ2n) is 9.49. The number of hydrogen-bond acceptors (Lipinski definition) is 5. The maximum Gasteiger partial charge on any atom is 0.0851 e. The highest BCUT2D eigenvalue weighted by molar-refractivity contribution is 5.86. The van der Waals surface area contributed by atoms with Crippen molar-refractivity contribution in [3.63, 3.8) is 0 Å². The average molecular weight is 422 g/mol. The van der Waals surface area contributed by atoms with E-state index in [1.807, 2.05) is 0 Å². The normalized spacial score (nSPS) is 27.9. The molecule has 4 aliphatic rings. The molecule has 31 heavy (non-hydrogen) atoms. The zero-order chi connectivity index (χ0) is 20.9. The molecule has 2 aromatic rings. The number of nitrogens with two attached hydrogens (primary N) is 1. The van der Waals surface area contributed by atoms with Crippen LogP contribution in [0.1, 0.15) is 34.2 Å². The van der Waals surface area contributed by atoms with E-state index >= 15 is 0 Å². The number of hydrogen-bond donors (Lipinski definition) is 1. The van der Waals surface area contributed by atoms with Gasteiger partial charge in [0.05, 0.1) is 50.8 Å². The predicted molar refractivity (Wildman–Crippen MR) is 119 cm³/mol. The average Bonchev–Trinajstić information content (AvgIpc) is 3.61. The SMILES string of the molecule is Cc1ccccc1-c1c(N)c(CC2CO2)c(CC2CO2)c(CC2CO2)c1CCC1CO1. The molecule has 2 N–H and O–H groups in total. The van der Waals surface area contributed by atoms with Crippen molar-refractivity contribution in [2.75, 3.05) is 32.2 Å². The summed E-state index contributed by atoms with van der Waals surface area (Å²) in [7, 11) is 0. The fourth-order valence-electron chi connectivity index (χ4n) is 4.93. The zero-order valence-corrected chi connectivity index (χ0v) is 18.2. The van der Waals surface area contributed by atoms with Gasteiger partial charge in [-0.05, 0) is 53.1 Å². The Kier molecular flexibility index (Phi) is 5.03. The third kappa shape index (κ3) is 4.37. The summed E-state index contributed by atoms with van der Waals surface area (Å²) < 4.78 is 22.6. The van der Waals surface area contributed by atoms with Crippen LogP contribution in [0.2, 0.25) is 0 Å². The summed E-state index contributed by atoms with van der Waals surface area (Å²) in [6.07, 6.45) is 6.15. The molecule has 2 aromatic carbocycles. The van der Waals surface area contributed by atoms with Crippen molar-refractivity contribution in [3.8, 4) is 11.1 Å². The Morgan fingerprint density at radius 2 is 1.26 bits per heavy atom. The maximum atomic E-state index is 7.04. The highest BCUT2D eigenvalue weighted by Crippen LogP contribution is 2.43. The van der Waals surface area contributed by atoms with Gasteiger partial charge in [0.25, 0.3) is 0 Å². The van der Waals surface area contributed by atoms with E-state index in [-0.39, 0.29) is 0 Å². The van der Waals surface area contributed by atoms with Crippen molar-refractivity contribution in [1.29, 1.82) is 0 Å². The monoisotopic (exact) mass is 421 g/mol. The molecule has 0 aromatic heterocycles. The lowest BCUT2D eigenvalue weighted by Gasteiger charge is -2.26. The molecule has 0 amide bonds. The first-order valence-electron chi connectivity index (χ1n) is 11.6. The molecular formula is C26H31NO4. The fourth-order valence-corrected chi connectivity index (χ4v) is 4.93. The highest BCUT2D eigenvalue weighted by atomic mass is 16.6. The van der Waals surface area contributed by atoms with Crippen molar-refractivity contribution in [1.82, 2.24) is 0 Å². The molecule has 6 rings (SSSR count). The van der Waals surface area contributed by atoms with Crippen LogP contribution in [-0.4, -0.2) is 50.8 Å². The molecule has 5 nitrogen and oxygen atoms in total. The number of ether oxygens (including phenoxy) is 4. The molecule has 4 heterocycles. The molecule has 4 aliphatic heterocycles. The van der Waals surface area contributed by atoms with E-state index in [0.717, 1.165) is 64.2 Å². The van der Waals surface area contributed by atoms with Gasteiger partial charge >= 0.3 is 0 Å². The van der Waals surface area contributed by atoms with Gasteiger partial charge < -0.3 is 24.7 Å². The number of benzene rings is 2. The van der Waals surface area contributed by atoms with E-state index < -0.39 is 0 Å². The Balaban J connectivity index is 1.55. The summed E-state index contributed by atoms with van der Waals surface area (Å²) in [5.41, 5.74) is 17.2. The number of aryl methyl sites for hydroxylation is 1. The van der Waals surface area contributed by atoms with Crippen LogP contribution >= 0.6 is 0 Å².